The molecule has 168 valence electrons. The molecule has 8 nitrogen and oxygen atoms in total. The molecular formula is C24H19ClN2O6. The molecule has 1 unspecified atom stereocenters. The zero-order valence-electron chi connectivity index (χ0n) is 17.3. The van der Waals surface area contributed by atoms with Crippen LogP contribution in [-0.4, -0.2) is 35.1 Å². The molecule has 0 heterocycles. The molecular weight excluding hydrogens is 448 g/mol. The van der Waals surface area contributed by atoms with E-state index in [0.29, 0.717) is 16.3 Å². The van der Waals surface area contributed by atoms with Gasteiger partial charge in [0.05, 0.1) is 4.92 Å². The Balaban J connectivity index is 1.71. The smallest absolute Gasteiger partial charge is 0.329 e. The number of ketones is 2. The summed E-state index contributed by atoms with van der Waals surface area (Å²) in [6.45, 7) is -0.627. The van der Waals surface area contributed by atoms with Crippen LogP contribution in [-0.2, 0) is 9.53 Å². The van der Waals surface area contributed by atoms with Crippen molar-refractivity contribution < 1.29 is 24.0 Å². The van der Waals surface area contributed by atoms with Crippen molar-refractivity contribution in [3.05, 3.63) is 105 Å². The van der Waals surface area contributed by atoms with Crippen LogP contribution in [0.5, 0.6) is 0 Å². The molecule has 9 heteroatoms. The minimum Gasteiger partial charge on any atom is -0.456 e. The van der Waals surface area contributed by atoms with Crippen molar-refractivity contribution in [2.45, 2.75) is 12.5 Å². The summed E-state index contributed by atoms with van der Waals surface area (Å²) in [5.41, 5.74) is 0.760. The summed E-state index contributed by atoms with van der Waals surface area (Å²) in [6.07, 6.45) is -0.212. The molecule has 0 fully saturated rings. The Morgan fingerprint density at radius 3 is 2.24 bits per heavy atom. The number of hydrogen-bond acceptors (Lipinski definition) is 7. The zero-order valence-corrected chi connectivity index (χ0v) is 18.0. The number of anilines is 1. The quantitative estimate of drug-likeness (QED) is 0.199. The fraction of sp³-hybridized carbons (Fsp3) is 0.125. The van der Waals surface area contributed by atoms with Gasteiger partial charge in [-0.15, -0.1) is 0 Å². The Bertz CT molecular complexity index is 1170. The lowest BCUT2D eigenvalue weighted by molar-refractivity contribution is -0.384. The van der Waals surface area contributed by atoms with Crippen molar-refractivity contribution in [1.29, 1.82) is 0 Å². The third-order valence-electron chi connectivity index (χ3n) is 4.68. The minimum absolute atomic E-state index is 0.0413. The fourth-order valence-corrected chi connectivity index (χ4v) is 3.11. The van der Waals surface area contributed by atoms with Gasteiger partial charge in [-0.1, -0.05) is 54.1 Å². The first-order valence-corrected chi connectivity index (χ1v) is 10.3. The number of halogens is 1. The molecule has 1 N–H and O–H groups in total. The summed E-state index contributed by atoms with van der Waals surface area (Å²) >= 11 is 5.90. The maximum absolute atomic E-state index is 12.8. The number of Topliss-reactive ketones (excluding diaryl/α,β-unsaturated/α-hetero) is 2. The second kappa shape index (κ2) is 11.0. The molecule has 3 aromatic rings. The van der Waals surface area contributed by atoms with Gasteiger partial charge in [0, 0.05) is 40.4 Å². The van der Waals surface area contributed by atoms with E-state index < -0.39 is 29.3 Å². The molecule has 0 aliphatic rings. The maximum atomic E-state index is 12.8. The lowest BCUT2D eigenvalue weighted by Crippen LogP contribution is -2.34. The summed E-state index contributed by atoms with van der Waals surface area (Å²) in [4.78, 5) is 48.1. The van der Waals surface area contributed by atoms with Crippen LogP contribution < -0.4 is 5.32 Å². The van der Waals surface area contributed by atoms with Crippen molar-refractivity contribution in [1.82, 2.24) is 0 Å². The molecule has 0 aliphatic carbocycles. The first kappa shape index (κ1) is 23.6. The Kier molecular flexibility index (Phi) is 7.88. The van der Waals surface area contributed by atoms with Gasteiger partial charge in [0.1, 0.15) is 6.04 Å². The highest BCUT2D eigenvalue weighted by Crippen LogP contribution is 2.18. The third kappa shape index (κ3) is 6.72. The van der Waals surface area contributed by atoms with E-state index in [4.69, 9.17) is 16.3 Å². The van der Waals surface area contributed by atoms with Gasteiger partial charge >= 0.3 is 5.97 Å². The number of rotatable bonds is 10. The van der Waals surface area contributed by atoms with E-state index in [1.807, 2.05) is 0 Å². The van der Waals surface area contributed by atoms with E-state index in [2.05, 4.69) is 5.32 Å². The number of nitro groups is 1. The summed E-state index contributed by atoms with van der Waals surface area (Å²) in [7, 11) is 0. The molecule has 0 aliphatic heterocycles. The third-order valence-corrected chi connectivity index (χ3v) is 4.93. The van der Waals surface area contributed by atoms with Crippen LogP contribution >= 0.6 is 11.6 Å². The van der Waals surface area contributed by atoms with Crippen LogP contribution in [0.3, 0.4) is 0 Å². The van der Waals surface area contributed by atoms with E-state index in [1.165, 1.54) is 18.2 Å². The van der Waals surface area contributed by atoms with Crippen molar-refractivity contribution in [3.63, 3.8) is 0 Å². The number of esters is 1. The van der Waals surface area contributed by atoms with E-state index in [1.54, 1.807) is 54.6 Å². The predicted molar refractivity (Wildman–Crippen MR) is 123 cm³/mol. The highest BCUT2D eigenvalue weighted by molar-refractivity contribution is 6.30. The Labute approximate surface area is 194 Å². The van der Waals surface area contributed by atoms with Gasteiger partial charge in [0.15, 0.2) is 12.4 Å². The standard InChI is InChI=1S/C24H19ClN2O6/c25-18-9-11-19(12-10-18)26-21(14-22(28)16-5-2-1-3-6-16)24(30)33-15-23(29)17-7-4-8-20(13-17)27(31)32/h1-13,21,26H,14-15H2. The van der Waals surface area contributed by atoms with E-state index in [9.17, 15) is 24.5 Å². The van der Waals surface area contributed by atoms with E-state index in [0.717, 1.165) is 6.07 Å². The largest absolute Gasteiger partial charge is 0.456 e. The Morgan fingerprint density at radius 2 is 1.58 bits per heavy atom. The number of carbonyl (C=O) groups excluding carboxylic acids is 3. The molecule has 0 aromatic heterocycles. The Hall–Kier alpha value is -4.04. The van der Waals surface area contributed by atoms with Crippen LogP contribution in [0.25, 0.3) is 0 Å². The molecule has 0 bridgehead atoms. The van der Waals surface area contributed by atoms with Crippen molar-refractivity contribution in [2.24, 2.45) is 0 Å². The summed E-state index contributed by atoms with van der Waals surface area (Å²) in [5.74, 6) is -1.70. The van der Waals surface area contributed by atoms with Crippen LogP contribution in [0.15, 0.2) is 78.9 Å². The molecule has 0 saturated heterocycles. The predicted octanol–water partition coefficient (Wildman–Crippen LogP) is 4.73. The highest BCUT2D eigenvalue weighted by Gasteiger charge is 2.25. The topological polar surface area (TPSA) is 116 Å². The van der Waals surface area contributed by atoms with Gasteiger partial charge < -0.3 is 10.1 Å². The van der Waals surface area contributed by atoms with Gasteiger partial charge in [-0.05, 0) is 24.3 Å². The molecule has 3 aromatic carbocycles. The van der Waals surface area contributed by atoms with Crippen LogP contribution in [0, 0.1) is 10.1 Å². The lowest BCUT2D eigenvalue weighted by atomic mass is 10.0. The number of nitro benzene ring substituents is 1. The summed E-state index contributed by atoms with van der Waals surface area (Å²) in [5, 5.41) is 14.3. The zero-order chi connectivity index (χ0) is 23.8. The van der Waals surface area contributed by atoms with Crippen LogP contribution in [0.2, 0.25) is 5.02 Å². The van der Waals surface area contributed by atoms with Crippen molar-refractivity contribution in [2.75, 3.05) is 11.9 Å². The second-order valence-electron chi connectivity index (χ2n) is 7.04. The van der Waals surface area contributed by atoms with Gasteiger partial charge in [-0.3, -0.25) is 19.7 Å². The lowest BCUT2D eigenvalue weighted by Gasteiger charge is -2.18. The first-order chi connectivity index (χ1) is 15.8. The van der Waals surface area contributed by atoms with Crippen molar-refractivity contribution in [3.8, 4) is 0 Å². The number of non-ortho nitro benzene ring substituents is 1. The highest BCUT2D eigenvalue weighted by atomic mass is 35.5. The minimum atomic E-state index is -1.07. The van der Waals surface area contributed by atoms with Gasteiger partial charge in [0.2, 0.25) is 5.78 Å². The van der Waals surface area contributed by atoms with Crippen LogP contribution in [0.1, 0.15) is 27.1 Å². The number of benzene rings is 3. The molecule has 0 saturated carbocycles. The molecule has 0 radical (unpaired) electrons. The Morgan fingerprint density at radius 1 is 0.909 bits per heavy atom. The van der Waals surface area contributed by atoms with Crippen molar-refractivity contribution >= 4 is 40.5 Å². The number of nitrogens with one attached hydrogen (secondary N) is 1. The SMILES string of the molecule is O=C(COC(=O)C(CC(=O)c1ccccc1)Nc1ccc(Cl)cc1)c1cccc([N+](=O)[O-])c1. The van der Waals surface area contributed by atoms with Gasteiger partial charge in [-0.25, -0.2) is 4.79 Å². The number of ether oxygens (including phenoxy) is 1. The van der Waals surface area contributed by atoms with Gasteiger partial charge in [-0.2, -0.15) is 0 Å². The molecule has 33 heavy (non-hydrogen) atoms. The number of carbonyl (C=O) groups is 3. The second-order valence-corrected chi connectivity index (χ2v) is 7.47. The summed E-state index contributed by atoms with van der Waals surface area (Å²) < 4.78 is 5.15. The first-order valence-electron chi connectivity index (χ1n) is 9.88. The monoisotopic (exact) mass is 466 g/mol. The van der Waals surface area contributed by atoms with E-state index >= 15 is 0 Å². The maximum Gasteiger partial charge on any atom is 0.329 e. The molecule has 1 atom stereocenters. The normalized spacial score (nSPS) is 11.3. The molecule has 3 rings (SSSR count). The van der Waals surface area contributed by atoms with E-state index in [-0.39, 0.29) is 23.5 Å². The fourth-order valence-electron chi connectivity index (χ4n) is 2.98. The molecule has 0 amide bonds. The summed E-state index contributed by atoms with van der Waals surface area (Å²) in [6, 6.07) is 19.1. The number of nitrogens with zero attached hydrogens (tertiary/aromatic N) is 1. The average Bonchev–Trinajstić information content (AvgIpc) is 2.83. The average molecular weight is 467 g/mol. The van der Waals surface area contributed by atoms with Crippen LogP contribution in [0.4, 0.5) is 11.4 Å². The van der Waals surface area contributed by atoms with Gasteiger partial charge in [0.25, 0.3) is 5.69 Å². The number of hydrogen-bond donors (Lipinski definition) is 1. The molecule has 0 spiro atoms.